The van der Waals surface area contributed by atoms with Crippen molar-refractivity contribution < 1.29 is 14.3 Å². The number of hydrogen-bond acceptors (Lipinski definition) is 2. The maximum atomic E-state index is 13.0. The lowest BCUT2D eigenvalue weighted by Gasteiger charge is -2.18. The fourth-order valence-corrected chi connectivity index (χ4v) is 2.30. The first kappa shape index (κ1) is 15.5. The second-order valence-corrected chi connectivity index (χ2v) is 4.98. The Morgan fingerprint density at radius 1 is 1.24 bits per heavy atom. The van der Waals surface area contributed by atoms with E-state index >= 15 is 0 Å². The quantitative estimate of drug-likeness (QED) is 0.890. The van der Waals surface area contributed by atoms with E-state index in [4.69, 9.17) is 16.7 Å². The zero-order valence-electron chi connectivity index (χ0n) is 11.2. The molecule has 0 spiro atoms. The number of hydrogen-bond donors (Lipinski definition) is 2. The van der Waals surface area contributed by atoms with Gasteiger partial charge in [0.25, 0.3) is 5.91 Å². The number of rotatable bonds is 5. The number of nitrogens with one attached hydrogen (secondary N) is 1. The monoisotopic (exact) mass is 307 g/mol. The van der Waals surface area contributed by atoms with Crippen molar-refractivity contribution in [3.8, 4) is 0 Å². The zero-order valence-corrected chi connectivity index (χ0v) is 12.0. The molecular formula is C16H15ClFNO2. The highest BCUT2D eigenvalue weighted by Crippen LogP contribution is 2.20. The maximum Gasteiger partial charge on any atom is 0.253 e. The number of carbonyl (C=O) groups is 1. The van der Waals surface area contributed by atoms with Crippen LogP contribution in [-0.2, 0) is 0 Å². The van der Waals surface area contributed by atoms with E-state index in [1.54, 1.807) is 0 Å². The lowest BCUT2D eigenvalue weighted by atomic mass is 10.0. The molecule has 0 aromatic heterocycles. The highest BCUT2D eigenvalue weighted by atomic mass is 35.5. The molecular weight excluding hydrogens is 293 g/mol. The number of aliphatic hydroxyl groups excluding tert-OH is 1. The average Bonchev–Trinajstić information content (AvgIpc) is 2.47. The Hall–Kier alpha value is -1.91. The van der Waals surface area contributed by atoms with Crippen LogP contribution in [0.2, 0.25) is 5.02 Å². The van der Waals surface area contributed by atoms with Gasteiger partial charge in [0.1, 0.15) is 5.82 Å². The summed E-state index contributed by atoms with van der Waals surface area (Å²) in [5.41, 5.74) is 1.09. The van der Waals surface area contributed by atoms with Crippen LogP contribution in [0.3, 0.4) is 0 Å². The van der Waals surface area contributed by atoms with Crippen LogP contribution in [0, 0.1) is 5.82 Å². The van der Waals surface area contributed by atoms with Gasteiger partial charge in [-0.05, 0) is 30.2 Å². The van der Waals surface area contributed by atoms with Crippen LogP contribution in [0.1, 0.15) is 28.4 Å². The normalized spacial score (nSPS) is 12.0. The molecule has 0 aliphatic heterocycles. The van der Waals surface area contributed by atoms with Gasteiger partial charge in [-0.25, -0.2) is 4.39 Å². The average molecular weight is 308 g/mol. The molecule has 1 atom stereocenters. The van der Waals surface area contributed by atoms with Gasteiger partial charge < -0.3 is 10.4 Å². The SMILES string of the molecule is O=C(NC(CCO)c1ccccc1)c1ccc(F)cc1Cl. The van der Waals surface area contributed by atoms with Gasteiger partial charge in [-0.3, -0.25) is 4.79 Å². The lowest BCUT2D eigenvalue weighted by Crippen LogP contribution is -2.29. The fourth-order valence-electron chi connectivity index (χ4n) is 2.05. The Kier molecular flexibility index (Phi) is 5.31. The van der Waals surface area contributed by atoms with Crippen molar-refractivity contribution in [1.82, 2.24) is 5.32 Å². The Morgan fingerprint density at radius 2 is 1.95 bits per heavy atom. The highest BCUT2D eigenvalue weighted by molar-refractivity contribution is 6.33. The van der Waals surface area contributed by atoms with E-state index in [9.17, 15) is 9.18 Å². The van der Waals surface area contributed by atoms with E-state index < -0.39 is 11.7 Å². The van der Waals surface area contributed by atoms with Gasteiger partial charge >= 0.3 is 0 Å². The summed E-state index contributed by atoms with van der Waals surface area (Å²) in [6, 6.07) is 12.6. The Labute approximate surface area is 127 Å². The lowest BCUT2D eigenvalue weighted by molar-refractivity contribution is 0.0930. The minimum atomic E-state index is -0.494. The van der Waals surface area contributed by atoms with E-state index in [0.29, 0.717) is 6.42 Å². The molecule has 0 radical (unpaired) electrons. The van der Waals surface area contributed by atoms with Crippen LogP contribution in [-0.4, -0.2) is 17.6 Å². The van der Waals surface area contributed by atoms with Crippen molar-refractivity contribution in [2.45, 2.75) is 12.5 Å². The summed E-state index contributed by atoms with van der Waals surface area (Å²) in [5.74, 6) is -0.895. The highest BCUT2D eigenvalue weighted by Gasteiger charge is 2.17. The Bertz CT molecular complexity index is 619. The first-order valence-electron chi connectivity index (χ1n) is 6.53. The standard InChI is InChI=1S/C16H15ClFNO2/c17-14-10-12(18)6-7-13(14)16(21)19-15(8-9-20)11-4-2-1-3-5-11/h1-7,10,15,20H,8-9H2,(H,19,21). The maximum absolute atomic E-state index is 13.0. The summed E-state index contributed by atoms with van der Waals surface area (Å²) in [6.45, 7) is -0.0585. The number of benzene rings is 2. The number of halogens is 2. The summed E-state index contributed by atoms with van der Waals surface area (Å²) in [4.78, 5) is 12.2. The zero-order chi connectivity index (χ0) is 15.2. The largest absolute Gasteiger partial charge is 0.396 e. The number of carbonyl (C=O) groups excluding carboxylic acids is 1. The molecule has 0 bridgehead atoms. The third-order valence-electron chi connectivity index (χ3n) is 3.10. The Balaban J connectivity index is 2.18. The molecule has 0 saturated heterocycles. The predicted octanol–water partition coefficient (Wildman–Crippen LogP) is 3.33. The molecule has 2 N–H and O–H groups in total. The minimum Gasteiger partial charge on any atom is -0.396 e. The summed E-state index contributed by atoms with van der Waals surface area (Å²) < 4.78 is 13.0. The van der Waals surface area contributed by atoms with Crippen LogP contribution in [0.15, 0.2) is 48.5 Å². The molecule has 0 fully saturated rings. The molecule has 2 aromatic rings. The summed E-state index contributed by atoms with van der Waals surface area (Å²) in [6.07, 6.45) is 0.383. The summed E-state index contributed by atoms with van der Waals surface area (Å²) in [7, 11) is 0. The molecule has 5 heteroatoms. The minimum absolute atomic E-state index is 0.0585. The topological polar surface area (TPSA) is 49.3 Å². The predicted molar refractivity (Wildman–Crippen MR) is 79.8 cm³/mol. The molecule has 0 saturated carbocycles. The molecule has 0 aliphatic carbocycles. The van der Waals surface area contributed by atoms with Crippen LogP contribution in [0.4, 0.5) is 4.39 Å². The van der Waals surface area contributed by atoms with Crippen molar-refractivity contribution in [3.63, 3.8) is 0 Å². The smallest absolute Gasteiger partial charge is 0.253 e. The van der Waals surface area contributed by atoms with Crippen LogP contribution < -0.4 is 5.32 Å². The van der Waals surface area contributed by atoms with Crippen LogP contribution in [0.5, 0.6) is 0 Å². The fraction of sp³-hybridized carbons (Fsp3) is 0.188. The van der Waals surface area contributed by atoms with E-state index in [-0.39, 0.29) is 23.2 Å². The van der Waals surface area contributed by atoms with E-state index in [2.05, 4.69) is 5.32 Å². The molecule has 2 aromatic carbocycles. The van der Waals surface area contributed by atoms with E-state index in [1.807, 2.05) is 30.3 Å². The van der Waals surface area contributed by atoms with Gasteiger partial charge in [0, 0.05) is 6.61 Å². The van der Waals surface area contributed by atoms with Gasteiger partial charge in [0.2, 0.25) is 0 Å². The second-order valence-electron chi connectivity index (χ2n) is 4.57. The number of aliphatic hydroxyl groups is 1. The van der Waals surface area contributed by atoms with Crippen molar-refractivity contribution >= 4 is 17.5 Å². The van der Waals surface area contributed by atoms with Crippen LogP contribution in [0.25, 0.3) is 0 Å². The van der Waals surface area contributed by atoms with Gasteiger partial charge in [-0.15, -0.1) is 0 Å². The molecule has 1 unspecified atom stereocenters. The number of amides is 1. The summed E-state index contributed by atoms with van der Waals surface area (Å²) in [5, 5.41) is 12.0. The van der Waals surface area contributed by atoms with Crippen molar-refractivity contribution in [1.29, 1.82) is 0 Å². The first-order valence-corrected chi connectivity index (χ1v) is 6.91. The molecule has 0 heterocycles. The van der Waals surface area contributed by atoms with Gasteiger partial charge in [0.05, 0.1) is 16.6 Å². The van der Waals surface area contributed by atoms with E-state index in [0.717, 1.165) is 11.6 Å². The molecule has 2 rings (SSSR count). The second kappa shape index (κ2) is 7.20. The van der Waals surface area contributed by atoms with E-state index in [1.165, 1.54) is 12.1 Å². The van der Waals surface area contributed by atoms with Crippen molar-refractivity contribution in [2.75, 3.05) is 6.61 Å². The molecule has 1 amide bonds. The third-order valence-corrected chi connectivity index (χ3v) is 3.41. The molecule has 3 nitrogen and oxygen atoms in total. The molecule has 110 valence electrons. The van der Waals surface area contributed by atoms with Gasteiger partial charge in [0.15, 0.2) is 0 Å². The Morgan fingerprint density at radius 3 is 2.57 bits per heavy atom. The molecule has 21 heavy (non-hydrogen) atoms. The van der Waals surface area contributed by atoms with Gasteiger partial charge in [-0.2, -0.15) is 0 Å². The first-order chi connectivity index (χ1) is 10.1. The van der Waals surface area contributed by atoms with Crippen molar-refractivity contribution in [3.05, 3.63) is 70.5 Å². The van der Waals surface area contributed by atoms with Gasteiger partial charge in [-0.1, -0.05) is 41.9 Å². The third kappa shape index (κ3) is 4.03. The summed E-state index contributed by atoms with van der Waals surface area (Å²) >= 11 is 5.88. The van der Waals surface area contributed by atoms with Crippen LogP contribution >= 0.6 is 11.6 Å². The molecule has 0 aliphatic rings. The van der Waals surface area contributed by atoms with Crippen molar-refractivity contribution in [2.24, 2.45) is 0 Å².